The Morgan fingerprint density at radius 1 is 1.20 bits per heavy atom. The lowest BCUT2D eigenvalue weighted by Crippen LogP contribution is -2.06. The van der Waals surface area contributed by atoms with Crippen molar-refractivity contribution in [2.75, 3.05) is 5.32 Å². The van der Waals surface area contributed by atoms with Crippen molar-refractivity contribution in [3.8, 4) is 5.95 Å². The quantitative estimate of drug-likeness (QED) is 0.584. The van der Waals surface area contributed by atoms with E-state index in [-0.39, 0.29) is 5.82 Å². The summed E-state index contributed by atoms with van der Waals surface area (Å²) in [6.45, 7) is 2.69. The number of imidazole rings is 1. The summed E-state index contributed by atoms with van der Waals surface area (Å²) in [7, 11) is 0. The molecule has 4 rings (SSSR count). The van der Waals surface area contributed by atoms with Gasteiger partial charge >= 0.3 is 0 Å². The van der Waals surface area contributed by atoms with E-state index in [1.807, 2.05) is 6.20 Å². The number of benzene rings is 1. The standard InChI is InChI=1S/C18H16FN5S/c1-2-14-9-15-16(21-10-12-3-5-13(19)6-4-12)22-18(23-17(15)25-14)24-8-7-20-11-24/h3-9,11H,2,10H2,1H3,(H,21,22,23). The van der Waals surface area contributed by atoms with E-state index in [2.05, 4.69) is 33.3 Å². The number of rotatable bonds is 5. The molecular formula is C18H16FN5S. The van der Waals surface area contributed by atoms with Gasteiger partial charge in [0.15, 0.2) is 0 Å². The monoisotopic (exact) mass is 353 g/mol. The zero-order chi connectivity index (χ0) is 17.2. The van der Waals surface area contributed by atoms with Crippen molar-refractivity contribution < 1.29 is 4.39 Å². The van der Waals surface area contributed by atoms with Crippen LogP contribution < -0.4 is 5.32 Å². The molecule has 0 saturated heterocycles. The SMILES string of the molecule is CCc1cc2c(NCc3ccc(F)cc3)nc(-n3ccnc3)nc2s1. The third-order valence-corrected chi connectivity index (χ3v) is 5.06. The molecule has 25 heavy (non-hydrogen) atoms. The highest BCUT2D eigenvalue weighted by atomic mass is 32.1. The molecule has 5 nitrogen and oxygen atoms in total. The van der Waals surface area contributed by atoms with Crippen LogP contribution in [0.25, 0.3) is 16.2 Å². The van der Waals surface area contributed by atoms with Gasteiger partial charge in [-0.2, -0.15) is 4.98 Å². The van der Waals surface area contributed by atoms with E-state index in [4.69, 9.17) is 0 Å². The maximum absolute atomic E-state index is 13.1. The number of aryl methyl sites for hydroxylation is 1. The highest BCUT2D eigenvalue weighted by Crippen LogP contribution is 2.30. The Kier molecular flexibility index (Phi) is 4.15. The first-order valence-corrected chi connectivity index (χ1v) is 8.81. The molecule has 0 radical (unpaired) electrons. The van der Waals surface area contributed by atoms with Crippen LogP contribution in [-0.4, -0.2) is 19.5 Å². The van der Waals surface area contributed by atoms with Gasteiger partial charge in [-0.1, -0.05) is 19.1 Å². The van der Waals surface area contributed by atoms with Gasteiger partial charge in [0.05, 0.1) is 5.39 Å². The Labute approximate surface area is 148 Å². The van der Waals surface area contributed by atoms with Gasteiger partial charge in [-0.3, -0.25) is 4.57 Å². The Morgan fingerprint density at radius 2 is 2.04 bits per heavy atom. The average molecular weight is 353 g/mol. The number of aromatic nitrogens is 4. The van der Waals surface area contributed by atoms with E-state index in [1.165, 1.54) is 17.0 Å². The Morgan fingerprint density at radius 3 is 2.76 bits per heavy atom. The summed E-state index contributed by atoms with van der Waals surface area (Å²) in [6, 6.07) is 8.59. The summed E-state index contributed by atoms with van der Waals surface area (Å²) < 4.78 is 14.8. The van der Waals surface area contributed by atoms with Crippen LogP contribution in [0.3, 0.4) is 0 Å². The minimum absolute atomic E-state index is 0.235. The molecule has 3 heterocycles. The van der Waals surface area contributed by atoms with Gasteiger partial charge in [-0.25, -0.2) is 14.4 Å². The van der Waals surface area contributed by atoms with E-state index < -0.39 is 0 Å². The van der Waals surface area contributed by atoms with Gasteiger partial charge in [0.25, 0.3) is 0 Å². The van der Waals surface area contributed by atoms with Crippen LogP contribution in [0, 0.1) is 5.82 Å². The molecule has 0 amide bonds. The molecule has 1 N–H and O–H groups in total. The Hall–Kier alpha value is -2.80. The molecule has 1 aromatic carbocycles. The first-order chi connectivity index (χ1) is 12.2. The normalized spacial score (nSPS) is 11.1. The van der Waals surface area contributed by atoms with E-state index in [0.717, 1.165) is 28.0 Å². The van der Waals surface area contributed by atoms with Crippen molar-refractivity contribution in [3.05, 3.63) is 65.3 Å². The Bertz CT molecular complexity index is 992. The van der Waals surface area contributed by atoms with Crippen molar-refractivity contribution in [2.24, 2.45) is 0 Å². The van der Waals surface area contributed by atoms with Crippen LogP contribution in [-0.2, 0) is 13.0 Å². The first kappa shape index (κ1) is 15.7. The van der Waals surface area contributed by atoms with Gasteiger partial charge in [0.2, 0.25) is 5.95 Å². The summed E-state index contributed by atoms with van der Waals surface area (Å²) in [5.74, 6) is 1.12. The van der Waals surface area contributed by atoms with Gasteiger partial charge in [-0.15, -0.1) is 11.3 Å². The fourth-order valence-corrected chi connectivity index (χ4v) is 3.51. The summed E-state index contributed by atoms with van der Waals surface area (Å²) >= 11 is 1.67. The molecule has 0 aliphatic carbocycles. The molecule has 4 aromatic rings. The third kappa shape index (κ3) is 3.23. The minimum Gasteiger partial charge on any atom is -0.365 e. The van der Waals surface area contributed by atoms with Crippen LogP contribution in [0.5, 0.6) is 0 Å². The van der Waals surface area contributed by atoms with E-state index in [1.54, 1.807) is 40.6 Å². The smallest absolute Gasteiger partial charge is 0.238 e. The summed E-state index contributed by atoms with van der Waals surface area (Å²) in [5.41, 5.74) is 0.989. The highest BCUT2D eigenvalue weighted by molar-refractivity contribution is 7.18. The molecule has 0 bridgehead atoms. The van der Waals surface area contributed by atoms with Crippen molar-refractivity contribution in [1.82, 2.24) is 19.5 Å². The van der Waals surface area contributed by atoms with Crippen LogP contribution in [0.15, 0.2) is 49.1 Å². The lowest BCUT2D eigenvalue weighted by atomic mass is 10.2. The number of nitrogens with zero attached hydrogens (tertiary/aromatic N) is 4. The minimum atomic E-state index is -0.235. The lowest BCUT2D eigenvalue weighted by Gasteiger charge is -2.09. The average Bonchev–Trinajstić information content (AvgIpc) is 3.30. The Balaban J connectivity index is 1.72. The number of hydrogen-bond donors (Lipinski definition) is 1. The molecule has 0 aliphatic heterocycles. The van der Waals surface area contributed by atoms with Crippen LogP contribution in [0.4, 0.5) is 10.2 Å². The van der Waals surface area contributed by atoms with Crippen LogP contribution in [0.2, 0.25) is 0 Å². The van der Waals surface area contributed by atoms with Gasteiger partial charge in [0.1, 0.15) is 22.8 Å². The fraction of sp³-hybridized carbons (Fsp3) is 0.167. The van der Waals surface area contributed by atoms with Crippen molar-refractivity contribution >= 4 is 27.4 Å². The second-order valence-electron chi connectivity index (χ2n) is 5.61. The summed E-state index contributed by atoms with van der Waals surface area (Å²) in [4.78, 5) is 15.6. The van der Waals surface area contributed by atoms with Gasteiger partial charge in [0, 0.05) is 23.8 Å². The molecule has 7 heteroatoms. The number of hydrogen-bond acceptors (Lipinski definition) is 5. The lowest BCUT2D eigenvalue weighted by molar-refractivity contribution is 0.627. The largest absolute Gasteiger partial charge is 0.365 e. The zero-order valence-corrected chi connectivity index (χ0v) is 14.4. The van der Waals surface area contributed by atoms with Crippen molar-refractivity contribution in [1.29, 1.82) is 0 Å². The summed E-state index contributed by atoms with van der Waals surface area (Å²) in [6.07, 6.45) is 6.16. The third-order valence-electron chi connectivity index (χ3n) is 3.89. The summed E-state index contributed by atoms with van der Waals surface area (Å²) in [5, 5.41) is 4.37. The maximum Gasteiger partial charge on any atom is 0.238 e. The fourth-order valence-electron chi connectivity index (χ4n) is 2.55. The molecule has 0 saturated carbocycles. The van der Waals surface area contributed by atoms with Crippen LogP contribution >= 0.6 is 11.3 Å². The molecule has 3 aromatic heterocycles. The maximum atomic E-state index is 13.1. The van der Waals surface area contributed by atoms with E-state index in [9.17, 15) is 4.39 Å². The molecule has 126 valence electrons. The number of halogens is 1. The van der Waals surface area contributed by atoms with E-state index >= 15 is 0 Å². The molecule has 0 fully saturated rings. The van der Waals surface area contributed by atoms with Gasteiger partial charge in [-0.05, 0) is 30.2 Å². The molecule has 0 unspecified atom stereocenters. The second-order valence-corrected chi connectivity index (χ2v) is 6.72. The molecule has 0 spiro atoms. The van der Waals surface area contributed by atoms with Crippen molar-refractivity contribution in [3.63, 3.8) is 0 Å². The first-order valence-electron chi connectivity index (χ1n) is 8.00. The number of anilines is 1. The van der Waals surface area contributed by atoms with E-state index in [0.29, 0.717) is 12.5 Å². The topological polar surface area (TPSA) is 55.6 Å². The predicted octanol–water partition coefficient (Wildman–Crippen LogP) is 4.19. The molecule has 0 aliphatic rings. The zero-order valence-electron chi connectivity index (χ0n) is 13.6. The van der Waals surface area contributed by atoms with Crippen molar-refractivity contribution in [2.45, 2.75) is 19.9 Å². The molecule has 0 atom stereocenters. The number of nitrogens with one attached hydrogen (secondary N) is 1. The number of thiophene rings is 1. The predicted molar refractivity (Wildman–Crippen MR) is 97.6 cm³/mol. The molecular weight excluding hydrogens is 337 g/mol. The van der Waals surface area contributed by atoms with Crippen LogP contribution in [0.1, 0.15) is 17.4 Å². The highest BCUT2D eigenvalue weighted by Gasteiger charge is 2.12. The van der Waals surface area contributed by atoms with Gasteiger partial charge < -0.3 is 5.32 Å². The number of fused-ring (bicyclic) bond motifs is 1. The second kappa shape index (κ2) is 6.60.